The highest BCUT2D eigenvalue weighted by atomic mass is 35.5. The maximum absolute atomic E-state index is 14.1. The van der Waals surface area contributed by atoms with Crippen molar-refractivity contribution in [2.45, 2.75) is 19.2 Å². The van der Waals surface area contributed by atoms with E-state index in [1.54, 1.807) is 54.6 Å². The Balaban J connectivity index is 1.65. The van der Waals surface area contributed by atoms with E-state index in [0.717, 1.165) is 5.56 Å². The standard InChI is InChI=1S/C23H22ClF2NO2/c24-19-7-11-22(12-8-19)29-16-21(28)15-27(13-17-5-9-20(25)10-6-17)14-18-3-1-2-4-23(18)26/h1-12,21,28H,13-16H2. The molecule has 3 rings (SSSR count). The maximum Gasteiger partial charge on any atom is 0.127 e. The van der Waals surface area contributed by atoms with E-state index in [1.807, 2.05) is 4.90 Å². The lowest BCUT2D eigenvalue weighted by molar-refractivity contribution is 0.0624. The predicted octanol–water partition coefficient (Wildman–Crippen LogP) is 5.06. The minimum atomic E-state index is -0.794. The van der Waals surface area contributed by atoms with Crippen LogP contribution < -0.4 is 4.74 Å². The third kappa shape index (κ3) is 6.82. The minimum absolute atomic E-state index is 0.0822. The van der Waals surface area contributed by atoms with Crippen LogP contribution in [0.1, 0.15) is 11.1 Å². The van der Waals surface area contributed by atoms with Crippen LogP contribution in [0.5, 0.6) is 5.75 Å². The van der Waals surface area contributed by atoms with Gasteiger partial charge in [-0.1, -0.05) is 41.9 Å². The van der Waals surface area contributed by atoms with Crippen LogP contribution >= 0.6 is 11.6 Å². The van der Waals surface area contributed by atoms with Crippen molar-refractivity contribution in [1.82, 2.24) is 4.90 Å². The third-order valence-electron chi connectivity index (χ3n) is 4.40. The highest BCUT2D eigenvalue weighted by molar-refractivity contribution is 6.30. The zero-order chi connectivity index (χ0) is 20.6. The molecule has 0 aromatic heterocycles. The number of nitrogens with zero attached hydrogens (tertiary/aromatic N) is 1. The average Bonchev–Trinajstić information content (AvgIpc) is 2.71. The first-order valence-electron chi connectivity index (χ1n) is 9.26. The summed E-state index contributed by atoms with van der Waals surface area (Å²) in [4.78, 5) is 1.90. The molecule has 6 heteroatoms. The second kappa shape index (κ2) is 10.3. The summed E-state index contributed by atoms with van der Waals surface area (Å²) in [7, 11) is 0. The number of hydrogen-bond donors (Lipinski definition) is 1. The van der Waals surface area contributed by atoms with E-state index >= 15 is 0 Å². The smallest absolute Gasteiger partial charge is 0.127 e. The lowest BCUT2D eigenvalue weighted by Crippen LogP contribution is -2.35. The van der Waals surface area contributed by atoms with Crippen molar-refractivity contribution in [2.75, 3.05) is 13.2 Å². The molecule has 0 fully saturated rings. The third-order valence-corrected chi connectivity index (χ3v) is 4.65. The summed E-state index contributed by atoms with van der Waals surface area (Å²) in [5.41, 5.74) is 1.40. The lowest BCUT2D eigenvalue weighted by Gasteiger charge is -2.25. The normalized spacial score (nSPS) is 12.2. The molecular formula is C23H22ClF2NO2. The lowest BCUT2D eigenvalue weighted by atomic mass is 10.1. The fraction of sp³-hybridized carbons (Fsp3) is 0.217. The average molecular weight is 418 g/mol. The van der Waals surface area contributed by atoms with Gasteiger partial charge in [-0.25, -0.2) is 8.78 Å². The van der Waals surface area contributed by atoms with Gasteiger partial charge in [0, 0.05) is 30.2 Å². The fourth-order valence-corrected chi connectivity index (χ4v) is 3.10. The highest BCUT2D eigenvalue weighted by Gasteiger charge is 2.15. The zero-order valence-electron chi connectivity index (χ0n) is 15.8. The van der Waals surface area contributed by atoms with Crippen LogP contribution in [0.15, 0.2) is 72.8 Å². The minimum Gasteiger partial charge on any atom is -0.491 e. The molecule has 1 N–H and O–H groups in total. The van der Waals surface area contributed by atoms with E-state index < -0.39 is 6.10 Å². The van der Waals surface area contributed by atoms with Gasteiger partial charge in [-0.3, -0.25) is 4.90 Å². The summed E-state index contributed by atoms with van der Waals surface area (Å²) in [6.45, 7) is 1.09. The second-order valence-corrected chi connectivity index (χ2v) is 7.24. The number of aliphatic hydroxyl groups excluding tert-OH is 1. The molecule has 0 saturated heterocycles. The molecule has 0 amide bonds. The van der Waals surface area contributed by atoms with Crippen molar-refractivity contribution in [3.05, 3.63) is 101 Å². The van der Waals surface area contributed by atoms with Gasteiger partial charge >= 0.3 is 0 Å². The first-order chi connectivity index (χ1) is 14.0. The van der Waals surface area contributed by atoms with Crippen LogP contribution in [0.3, 0.4) is 0 Å². The molecule has 0 aliphatic carbocycles. The van der Waals surface area contributed by atoms with E-state index in [-0.39, 0.29) is 24.8 Å². The van der Waals surface area contributed by atoms with Crippen LogP contribution in [0.2, 0.25) is 5.02 Å². The van der Waals surface area contributed by atoms with Gasteiger partial charge in [0.1, 0.15) is 30.1 Å². The molecule has 152 valence electrons. The Morgan fingerprint density at radius 2 is 1.59 bits per heavy atom. The maximum atomic E-state index is 14.1. The van der Waals surface area contributed by atoms with Gasteiger partial charge in [0.25, 0.3) is 0 Å². The monoisotopic (exact) mass is 417 g/mol. The number of hydrogen-bond acceptors (Lipinski definition) is 3. The quantitative estimate of drug-likeness (QED) is 0.528. The molecule has 3 aromatic rings. The van der Waals surface area contributed by atoms with Gasteiger partial charge in [0.05, 0.1) is 0 Å². The predicted molar refractivity (Wildman–Crippen MR) is 110 cm³/mol. The molecule has 0 radical (unpaired) electrons. The van der Waals surface area contributed by atoms with Crippen molar-refractivity contribution < 1.29 is 18.6 Å². The molecular weight excluding hydrogens is 396 g/mol. The summed E-state index contributed by atoms with van der Waals surface area (Å²) < 4.78 is 32.9. The van der Waals surface area contributed by atoms with E-state index in [4.69, 9.17) is 16.3 Å². The first kappa shape index (κ1) is 21.2. The summed E-state index contributed by atoms with van der Waals surface area (Å²) in [6.07, 6.45) is -0.794. The number of benzene rings is 3. The first-order valence-corrected chi connectivity index (χ1v) is 9.64. The molecule has 3 aromatic carbocycles. The topological polar surface area (TPSA) is 32.7 Å². The SMILES string of the molecule is OC(COc1ccc(Cl)cc1)CN(Cc1ccc(F)cc1)Cc1ccccc1F. The summed E-state index contributed by atoms with van der Waals surface area (Å²) in [6, 6.07) is 19.5. The number of aliphatic hydroxyl groups is 1. The molecule has 3 nitrogen and oxygen atoms in total. The van der Waals surface area contributed by atoms with Crippen LogP contribution in [0.25, 0.3) is 0 Å². The summed E-state index contributed by atoms with van der Waals surface area (Å²) in [5.74, 6) is -0.0121. The molecule has 1 unspecified atom stereocenters. The molecule has 0 aliphatic heterocycles. The van der Waals surface area contributed by atoms with Crippen LogP contribution in [0.4, 0.5) is 8.78 Å². The Bertz CT molecular complexity index is 904. The van der Waals surface area contributed by atoms with Crippen molar-refractivity contribution in [3.8, 4) is 5.75 Å². The van der Waals surface area contributed by atoms with Crippen molar-refractivity contribution in [2.24, 2.45) is 0 Å². The Hall–Kier alpha value is -2.47. The summed E-state index contributed by atoms with van der Waals surface area (Å²) in [5, 5.41) is 11.1. The molecule has 0 bridgehead atoms. The Morgan fingerprint density at radius 1 is 0.897 bits per heavy atom. The van der Waals surface area contributed by atoms with Crippen LogP contribution in [-0.4, -0.2) is 29.3 Å². The molecule has 0 spiro atoms. The van der Waals surface area contributed by atoms with Crippen molar-refractivity contribution >= 4 is 11.6 Å². The molecule has 0 saturated carbocycles. The van der Waals surface area contributed by atoms with E-state index in [2.05, 4.69) is 0 Å². The van der Waals surface area contributed by atoms with E-state index in [1.165, 1.54) is 18.2 Å². The number of ether oxygens (including phenoxy) is 1. The summed E-state index contributed by atoms with van der Waals surface area (Å²) >= 11 is 5.85. The number of halogens is 3. The van der Waals surface area contributed by atoms with Gasteiger partial charge in [0.15, 0.2) is 0 Å². The second-order valence-electron chi connectivity index (χ2n) is 6.81. The van der Waals surface area contributed by atoms with Crippen molar-refractivity contribution in [1.29, 1.82) is 0 Å². The van der Waals surface area contributed by atoms with Gasteiger partial charge in [-0.15, -0.1) is 0 Å². The van der Waals surface area contributed by atoms with Crippen molar-refractivity contribution in [3.63, 3.8) is 0 Å². The molecule has 0 heterocycles. The Kier molecular flexibility index (Phi) is 7.58. The Morgan fingerprint density at radius 3 is 2.28 bits per heavy atom. The highest BCUT2D eigenvalue weighted by Crippen LogP contribution is 2.17. The molecule has 29 heavy (non-hydrogen) atoms. The van der Waals surface area contributed by atoms with Gasteiger partial charge in [0.2, 0.25) is 0 Å². The Labute approximate surface area is 174 Å². The van der Waals surface area contributed by atoms with E-state index in [0.29, 0.717) is 29.4 Å². The molecule has 1 atom stereocenters. The van der Waals surface area contributed by atoms with Crippen LogP contribution in [-0.2, 0) is 13.1 Å². The van der Waals surface area contributed by atoms with Crippen LogP contribution in [0, 0.1) is 11.6 Å². The molecule has 0 aliphatic rings. The van der Waals surface area contributed by atoms with Gasteiger partial charge in [-0.2, -0.15) is 0 Å². The number of rotatable bonds is 9. The largest absolute Gasteiger partial charge is 0.491 e. The van der Waals surface area contributed by atoms with Gasteiger partial charge in [-0.05, 0) is 48.0 Å². The van der Waals surface area contributed by atoms with E-state index in [9.17, 15) is 13.9 Å². The zero-order valence-corrected chi connectivity index (χ0v) is 16.5. The fourth-order valence-electron chi connectivity index (χ4n) is 2.97. The van der Waals surface area contributed by atoms with Gasteiger partial charge < -0.3 is 9.84 Å².